The summed E-state index contributed by atoms with van der Waals surface area (Å²) in [6.07, 6.45) is 11.7. The molecule has 2 bridgehead atoms. The number of hydrogen-bond acceptors (Lipinski definition) is 2. The Bertz CT molecular complexity index is 323. The van der Waals surface area contributed by atoms with Crippen LogP contribution in [0.4, 0.5) is 0 Å². The minimum atomic E-state index is 0.116. The summed E-state index contributed by atoms with van der Waals surface area (Å²) in [4.78, 5) is 12.3. The van der Waals surface area contributed by atoms with E-state index in [1.807, 2.05) is 0 Å². The molecule has 0 saturated heterocycles. The van der Waals surface area contributed by atoms with Gasteiger partial charge in [-0.05, 0) is 43.4 Å². The first-order valence-corrected chi connectivity index (χ1v) is 8.29. The minimum absolute atomic E-state index is 0.116. The lowest BCUT2D eigenvalue weighted by Crippen LogP contribution is -2.45. The van der Waals surface area contributed by atoms with Gasteiger partial charge in [-0.3, -0.25) is 4.79 Å². The van der Waals surface area contributed by atoms with Crippen molar-refractivity contribution in [3.63, 3.8) is 0 Å². The van der Waals surface area contributed by atoms with E-state index in [0.717, 1.165) is 12.5 Å². The lowest BCUT2D eigenvalue weighted by Gasteiger charge is -2.27. The second-order valence-corrected chi connectivity index (χ2v) is 7.02. The summed E-state index contributed by atoms with van der Waals surface area (Å²) in [5.74, 6) is 2.41. The Morgan fingerprint density at radius 2 is 1.79 bits per heavy atom. The fraction of sp³-hybridized carbons (Fsp3) is 0.938. The summed E-state index contributed by atoms with van der Waals surface area (Å²) < 4.78 is 0. The molecule has 19 heavy (non-hydrogen) atoms. The van der Waals surface area contributed by atoms with Gasteiger partial charge in [-0.1, -0.05) is 32.1 Å². The monoisotopic (exact) mass is 264 g/mol. The van der Waals surface area contributed by atoms with Gasteiger partial charge >= 0.3 is 0 Å². The van der Waals surface area contributed by atoms with Crippen molar-refractivity contribution in [2.75, 3.05) is 6.54 Å². The molecular formula is C16H28N2O. The molecule has 3 aliphatic carbocycles. The zero-order chi connectivity index (χ0) is 13.2. The average molecular weight is 264 g/mol. The van der Waals surface area contributed by atoms with Crippen LogP contribution >= 0.6 is 0 Å². The molecule has 3 saturated carbocycles. The highest BCUT2D eigenvalue weighted by Gasteiger charge is 2.48. The summed E-state index contributed by atoms with van der Waals surface area (Å²) in [6.45, 7) is 0.865. The Labute approximate surface area is 116 Å². The number of hydrogen-bond donors (Lipinski definition) is 2. The zero-order valence-electron chi connectivity index (χ0n) is 11.9. The highest BCUT2D eigenvalue weighted by Crippen LogP contribution is 2.47. The third-order valence-electron chi connectivity index (χ3n) is 5.86. The molecule has 3 fully saturated rings. The standard InChI is InChI=1S/C16H28N2O/c17-15-13-7-6-12(10-13)14(15)16(19)18-9-8-11-4-2-1-3-5-11/h11-15H,1-10,17H2,(H,18,19). The maximum Gasteiger partial charge on any atom is 0.224 e. The molecule has 4 atom stereocenters. The molecule has 4 unspecified atom stereocenters. The van der Waals surface area contributed by atoms with Gasteiger partial charge in [-0.15, -0.1) is 0 Å². The number of amides is 1. The van der Waals surface area contributed by atoms with Gasteiger partial charge in [0.15, 0.2) is 0 Å². The third-order valence-corrected chi connectivity index (χ3v) is 5.86. The Kier molecular flexibility index (Phi) is 4.11. The number of carbonyl (C=O) groups is 1. The van der Waals surface area contributed by atoms with Gasteiger partial charge in [-0.2, -0.15) is 0 Å². The molecule has 1 amide bonds. The van der Waals surface area contributed by atoms with Crippen LogP contribution in [0.25, 0.3) is 0 Å². The van der Waals surface area contributed by atoms with Crippen molar-refractivity contribution in [3.8, 4) is 0 Å². The number of rotatable bonds is 4. The molecule has 0 heterocycles. The largest absolute Gasteiger partial charge is 0.356 e. The smallest absolute Gasteiger partial charge is 0.224 e. The van der Waals surface area contributed by atoms with E-state index in [1.54, 1.807) is 0 Å². The zero-order valence-corrected chi connectivity index (χ0v) is 11.9. The number of carbonyl (C=O) groups excluding carboxylic acids is 1. The van der Waals surface area contributed by atoms with Crippen LogP contribution < -0.4 is 11.1 Å². The molecule has 3 nitrogen and oxygen atoms in total. The fourth-order valence-corrected chi connectivity index (χ4v) is 4.72. The SMILES string of the molecule is NC1C2CCC(C2)C1C(=O)NCCC1CCCCC1. The van der Waals surface area contributed by atoms with Gasteiger partial charge in [0.2, 0.25) is 5.91 Å². The maximum atomic E-state index is 12.3. The maximum absolute atomic E-state index is 12.3. The van der Waals surface area contributed by atoms with Crippen LogP contribution in [0, 0.1) is 23.7 Å². The summed E-state index contributed by atoms with van der Waals surface area (Å²) in [5, 5.41) is 3.17. The van der Waals surface area contributed by atoms with E-state index in [9.17, 15) is 4.79 Å². The number of nitrogens with one attached hydrogen (secondary N) is 1. The topological polar surface area (TPSA) is 55.1 Å². The number of nitrogens with two attached hydrogens (primary N) is 1. The van der Waals surface area contributed by atoms with E-state index in [1.165, 1.54) is 57.8 Å². The lowest BCUT2D eigenvalue weighted by molar-refractivity contribution is -0.127. The van der Waals surface area contributed by atoms with E-state index < -0.39 is 0 Å². The molecule has 3 heteroatoms. The molecule has 0 spiro atoms. The lowest BCUT2D eigenvalue weighted by atomic mass is 9.84. The Morgan fingerprint density at radius 1 is 1.05 bits per heavy atom. The third kappa shape index (κ3) is 2.81. The van der Waals surface area contributed by atoms with Crippen molar-refractivity contribution in [1.29, 1.82) is 0 Å². The average Bonchev–Trinajstić information content (AvgIpc) is 3.00. The molecule has 0 aromatic rings. The quantitative estimate of drug-likeness (QED) is 0.819. The van der Waals surface area contributed by atoms with Crippen LogP contribution in [0.1, 0.15) is 57.8 Å². The van der Waals surface area contributed by atoms with Crippen LogP contribution in [-0.4, -0.2) is 18.5 Å². The molecule has 0 aromatic carbocycles. The Balaban J connectivity index is 1.41. The van der Waals surface area contributed by atoms with Gasteiger partial charge < -0.3 is 11.1 Å². The molecule has 3 N–H and O–H groups in total. The Hall–Kier alpha value is -0.570. The van der Waals surface area contributed by atoms with E-state index in [4.69, 9.17) is 5.73 Å². The first-order chi connectivity index (χ1) is 9.25. The van der Waals surface area contributed by atoms with Gasteiger partial charge in [0.25, 0.3) is 0 Å². The highest BCUT2D eigenvalue weighted by molar-refractivity contribution is 5.80. The van der Waals surface area contributed by atoms with E-state index in [0.29, 0.717) is 11.8 Å². The van der Waals surface area contributed by atoms with Crippen LogP contribution in [0.5, 0.6) is 0 Å². The number of fused-ring (bicyclic) bond motifs is 2. The summed E-state index contributed by atoms with van der Waals surface area (Å²) in [6, 6.07) is 0.133. The van der Waals surface area contributed by atoms with E-state index in [-0.39, 0.29) is 17.9 Å². The Morgan fingerprint density at radius 3 is 2.47 bits per heavy atom. The molecule has 108 valence electrons. The molecule has 0 aliphatic heterocycles. The molecule has 0 radical (unpaired) electrons. The summed E-state index contributed by atoms with van der Waals surface area (Å²) >= 11 is 0. The van der Waals surface area contributed by atoms with E-state index >= 15 is 0 Å². The van der Waals surface area contributed by atoms with Crippen LogP contribution in [-0.2, 0) is 4.79 Å². The van der Waals surface area contributed by atoms with Crippen molar-refractivity contribution in [2.24, 2.45) is 29.4 Å². The van der Waals surface area contributed by atoms with Crippen molar-refractivity contribution >= 4 is 5.91 Å². The van der Waals surface area contributed by atoms with Crippen molar-refractivity contribution in [1.82, 2.24) is 5.32 Å². The van der Waals surface area contributed by atoms with E-state index in [2.05, 4.69) is 5.32 Å². The minimum Gasteiger partial charge on any atom is -0.356 e. The normalized spacial score (nSPS) is 38.6. The van der Waals surface area contributed by atoms with Crippen molar-refractivity contribution in [3.05, 3.63) is 0 Å². The van der Waals surface area contributed by atoms with Crippen molar-refractivity contribution in [2.45, 2.75) is 63.8 Å². The first kappa shape index (κ1) is 13.4. The summed E-state index contributed by atoms with van der Waals surface area (Å²) in [7, 11) is 0. The van der Waals surface area contributed by atoms with Gasteiger partial charge in [0, 0.05) is 12.6 Å². The first-order valence-electron chi connectivity index (χ1n) is 8.29. The second-order valence-electron chi connectivity index (χ2n) is 7.02. The predicted molar refractivity (Wildman–Crippen MR) is 76.5 cm³/mol. The van der Waals surface area contributed by atoms with Crippen LogP contribution in [0.3, 0.4) is 0 Å². The predicted octanol–water partition coefficient (Wildman–Crippen LogP) is 2.45. The van der Waals surface area contributed by atoms with Gasteiger partial charge in [0.05, 0.1) is 5.92 Å². The van der Waals surface area contributed by atoms with Gasteiger partial charge in [-0.25, -0.2) is 0 Å². The summed E-state index contributed by atoms with van der Waals surface area (Å²) in [5.41, 5.74) is 6.22. The van der Waals surface area contributed by atoms with Crippen LogP contribution in [0.15, 0.2) is 0 Å². The molecular weight excluding hydrogens is 236 g/mol. The van der Waals surface area contributed by atoms with Gasteiger partial charge in [0.1, 0.15) is 0 Å². The highest BCUT2D eigenvalue weighted by atomic mass is 16.1. The molecule has 3 rings (SSSR count). The molecule has 0 aromatic heterocycles. The van der Waals surface area contributed by atoms with Crippen LogP contribution in [0.2, 0.25) is 0 Å². The molecule has 3 aliphatic rings. The fourth-order valence-electron chi connectivity index (χ4n) is 4.72. The van der Waals surface area contributed by atoms with Crippen molar-refractivity contribution < 1.29 is 4.79 Å². The second kappa shape index (κ2) is 5.82.